The van der Waals surface area contributed by atoms with Crippen LogP contribution in [-0.4, -0.2) is 9.78 Å². The molecule has 3 N–H and O–H groups in total. The van der Waals surface area contributed by atoms with Gasteiger partial charge in [0, 0.05) is 12.7 Å². The summed E-state index contributed by atoms with van der Waals surface area (Å²) in [5.41, 5.74) is 3.68. The zero-order valence-electron chi connectivity index (χ0n) is 9.56. The number of hydrazine groups is 1. The number of halogens is 1. The van der Waals surface area contributed by atoms with Gasteiger partial charge in [-0.15, -0.1) is 0 Å². The van der Waals surface area contributed by atoms with Gasteiger partial charge < -0.3 is 4.42 Å². The fourth-order valence-corrected chi connectivity index (χ4v) is 1.94. The second-order valence-electron chi connectivity index (χ2n) is 3.72. The van der Waals surface area contributed by atoms with E-state index in [2.05, 4.69) is 17.4 Å². The summed E-state index contributed by atoms with van der Waals surface area (Å²) in [4.78, 5) is 0. The molecule has 17 heavy (non-hydrogen) atoms. The highest BCUT2D eigenvalue weighted by atomic mass is 35.5. The molecular formula is C11H15ClN4O. The van der Waals surface area contributed by atoms with Crippen molar-refractivity contribution < 1.29 is 4.42 Å². The van der Waals surface area contributed by atoms with Crippen LogP contribution in [0.25, 0.3) is 0 Å². The number of hydrogen-bond donors (Lipinski definition) is 2. The molecular weight excluding hydrogens is 240 g/mol. The standard InChI is InChI=1S/C11H15ClN4O/c1-2-7-16-8(5-6-14-16)11(15-13)9-3-4-10(12)17-9/h3-6,11,15H,2,7,13H2,1H3. The normalized spacial score (nSPS) is 12.9. The molecule has 0 fully saturated rings. The number of nitrogens with zero attached hydrogens (tertiary/aromatic N) is 2. The monoisotopic (exact) mass is 254 g/mol. The Balaban J connectivity index is 2.31. The van der Waals surface area contributed by atoms with Gasteiger partial charge in [-0.05, 0) is 36.2 Å². The Kier molecular flexibility index (Phi) is 3.83. The highest BCUT2D eigenvalue weighted by Crippen LogP contribution is 2.25. The lowest BCUT2D eigenvalue weighted by molar-refractivity contribution is 0.429. The molecule has 0 aliphatic heterocycles. The zero-order valence-corrected chi connectivity index (χ0v) is 10.3. The third-order valence-corrected chi connectivity index (χ3v) is 2.73. The maximum Gasteiger partial charge on any atom is 0.193 e. The minimum Gasteiger partial charge on any atom is -0.448 e. The summed E-state index contributed by atoms with van der Waals surface area (Å²) in [6, 6.07) is 5.17. The minimum atomic E-state index is -0.239. The quantitative estimate of drug-likeness (QED) is 0.633. The molecule has 92 valence electrons. The van der Waals surface area contributed by atoms with Gasteiger partial charge in [-0.3, -0.25) is 10.5 Å². The maximum atomic E-state index is 5.77. The van der Waals surface area contributed by atoms with Gasteiger partial charge in [-0.2, -0.15) is 5.10 Å². The number of hydrogen-bond acceptors (Lipinski definition) is 4. The molecule has 2 aromatic rings. The molecule has 1 atom stereocenters. The van der Waals surface area contributed by atoms with E-state index in [4.69, 9.17) is 21.9 Å². The second kappa shape index (κ2) is 5.35. The number of nitrogens with one attached hydrogen (secondary N) is 1. The Bertz CT molecular complexity index is 479. The molecule has 0 saturated heterocycles. The summed E-state index contributed by atoms with van der Waals surface area (Å²) >= 11 is 5.77. The molecule has 0 bridgehead atoms. The van der Waals surface area contributed by atoms with E-state index in [-0.39, 0.29) is 6.04 Å². The molecule has 6 heteroatoms. The van der Waals surface area contributed by atoms with Crippen LogP contribution in [0.5, 0.6) is 0 Å². The largest absolute Gasteiger partial charge is 0.448 e. The van der Waals surface area contributed by atoms with Crippen molar-refractivity contribution in [2.75, 3.05) is 0 Å². The lowest BCUT2D eigenvalue weighted by Crippen LogP contribution is -2.30. The van der Waals surface area contributed by atoms with Gasteiger partial charge in [-0.25, -0.2) is 5.43 Å². The van der Waals surface area contributed by atoms with Gasteiger partial charge in [0.15, 0.2) is 5.22 Å². The fourth-order valence-electron chi connectivity index (χ4n) is 1.78. The molecule has 0 saturated carbocycles. The highest BCUT2D eigenvalue weighted by Gasteiger charge is 2.20. The molecule has 2 aromatic heterocycles. The summed E-state index contributed by atoms with van der Waals surface area (Å²) in [6.07, 6.45) is 2.75. The molecule has 2 heterocycles. The van der Waals surface area contributed by atoms with Crippen LogP contribution >= 0.6 is 11.6 Å². The van der Waals surface area contributed by atoms with Crippen LogP contribution in [-0.2, 0) is 6.54 Å². The third kappa shape index (κ3) is 2.52. The van der Waals surface area contributed by atoms with Crippen molar-refractivity contribution in [2.45, 2.75) is 25.9 Å². The first-order valence-corrected chi connectivity index (χ1v) is 5.87. The molecule has 0 aliphatic rings. The van der Waals surface area contributed by atoms with Crippen LogP contribution in [0.3, 0.4) is 0 Å². The number of nitrogens with two attached hydrogens (primary N) is 1. The van der Waals surface area contributed by atoms with Crippen LogP contribution in [0.15, 0.2) is 28.8 Å². The lowest BCUT2D eigenvalue weighted by atomic mass is 10.1. The topological polar surface area (TPSA) is 69.0 Å². The van der Waals surface area contributed by atoms with Gasteiger partial charge in [0.1, 0.15) is 11.8 Å². The average Bonchev–Trinajstić information content (AvgIpc) is 2.91. The molecule has 0 aliphatic carbocycles. The average molecular weight is 255 g/mol. The van der Waals surface area contributed by atoms with E-state index in [1.165, 1.54) is 0 Å². The van der Waals surface area contributed by atoms with Gasteiger partial charge in [0.05, 0.1) is 5.69 Å². The number of aromatic nitrogens is 2. The van der Waals surface area contributed by atoms with Crippen molar-refractivity contribution in [3.8, 4) is 0 Å². The summed E-state index contributed by atoms with van der Waals surface area (Å²) in [5.74, 6) is 6.25. The molecule has 1 unspecified atom stereocenters. The zero-order chi connectivity index (χ0) is 12.3. The van der Waals surface area contributed by atoms with E-state index in [1.54, 1.807) is 18.3 Å². The number of furan rings is 1. The molecule has 0 radical (unpaired) electrons. The summed E-state index contributed by atoms with van der Waals surface area (Å²) in [5, 5.41) is 4.60. The summed E-state index contributed by atoms with van der Waals surface area (Å²) in [6.45, 7) is 2.94. The Morgan fingerprint density at radius 1 is 1.53 bits per heavy atom. The first-order chi connectivity index (χ1) is 8.26. The lowest BCUT2D eigenvalue weighted by Gasteiger charge is -2.15. The van der Waals surface area contributed by atoms with E-state index >= 15 is 0 Å². The smallest absolute Gasteiger partial charge is 0.193 e. The minimum absolute atomic E-state index is 0.239. The maximum absolute atomic E-state index is 5.77. The molecule has 2 rings (SSSR count). The van der Waals surface area contributed by atoms with Crippen molar-refractivity contribution in [3.05, 3.63) is 41.1 Å². The third-order valence-electron chi connectivity index (χ3n) is 2.53. The number of aryl methyl sites for hydroxylation is 1. The van der Waals surface area contributed by atoms with Crippen LogP contribution in [0.4, 0.5) is 0 Å². The summed E-state index contributed by atoms with van der Waals surface area (Å²) in [7, 11) is 0. The van der Waals surface area contributed by atoms with Gasteiger partial charge >= 0.3 is 0 Å². The van der Waals surface area contributed by atoms with Crippen LogP contribution in [0, 0.1) is 0 Å². The molecule has 0 aromatic carbocycles. The number of rotatable bonds is 5. The first kappa shape index (κ1) is 12.2. The Hall–Kier alpha value is -1.30. The van der Waals surface area contributed by atoms with Crippen molar-refractivity contribution >= 4 is 11.6 Å². The first-order valence-electron chi connectivity index (χ1n) is 5.49. The van der Waals surface area contributed by atoms with E-state index in [0.717, 1.165) is 18.7 Å². The fraction of sp³-hybridized carbons (Fsp3) is 0.364. The Labute approximate surface area is 105 Å². The Morgan fingerprint density at radius 2 is 2.35 bits per heavy atom. The van der Waals surface area contributed by atoms with Crippen molar-refractivity contribution in [2.24, 2.45) is 5.84 Å². The van der Waals surface area contributed by atoms with Crippen molar-refractivity contribution in [1.29, 1.82) is 0 Å². The van der Waals surface area contributed by atoms with Crippen LogP contribution in [0.1, 0.15) is 30.8 Å². The van der Waals surface area contributed by atoms with E-state index in [9.17, 15) is 0 Å². The predicted octanol–water partition coefficient (Wildman–Crippen LogP) is 2.09. The predicted molar refractivity (Wildman–Crippen MR) is 65.4 cm³/mol. The summed E-state index contributed by atoms with van der Waals surface area (Å²) < 4.78 is 7.28. The molecule has 0 spiro atoms. The second-order valence-corrected chi connectivity index (χ2v) is 4.09. The van der Waals surface area contributed by atoms with E-state index in [1.807, 2.05) is 10.7 Å². The van der Waals surface area contributed by atoms with Gasteiger partial charge in [0.2, 0.25) is 0 Å². The van der Waals surface area contributed by atoms with Crippen LogP contribution in [0.2, 0.25) is 5.22 Å². The van der Waals surface area contributed by atoms with Crippen molar-refractivity contribution in [1.82, 2.24) is 15.2 Å². The van der Waals surface area contributed by atoms with Crippen LogP contribution < -0.4 is 11.3 Å². The van der Waals surface area contributed by atoms with Crippen molar-refractivity contribution in [3.63, 3.8) is 0 Å². The SMILES string of the molecule is CCCn1nccc1C(NN)c1ccc(Cl)o1. The van der Waals surface area contributed by atoms with E-state index < -0.39 is 0 Å². The van der Waals surface area contributed by atoms with Gasteiger partial charge in [0.25, 0.3) is 0 Å². The molecule has 0 amide bonds. The van der Waals surface area contributed by atoms with Gasteiger partial charge in [-0.1, -0.05) is 6.92 Å². The van der Waals surface area contributed by atoms with E-state index in [0.29, 0.717) is 11.0 Å². The Morgan fingerprint density at radius 3 is 2.94 bits per heavy atom. The highest BCUT2D eigenvalue weighted by molar-refractivity contribution is 6.28. The molecule has 5 nitrogen and oxygen atoms in total.